The predicted octanol–water partition coefficient (Wildman–Crippen LogP) is -0.732. The highest BCUT2D eigenvalue weighted by Gasteiger charge is 2.31. The van der Waals surface area contributed by atoms with Crippen LogP contribution in [-0.2, 0) is 20.8 Å². The van der Waals surface area contributed by atoms with Gasteiger partial charge in [0, 0.05) is 17.8 Å². The first-order valence-corrected chi connectivity index (χ1v) is 14.5. The molecule has 0 unspecified atom stereocenters. The molecule has 1 aliphatic rings. The molecule has 2 aromatic rings. The molecule has 1 fully saturated rings. The summed E-state index contributed by atoms with van der Waals surface area (Å²) < 4.78 is 0. The third-order valence-corrected chi connectivity index (χ3v) is 7.76. The van der Waals surface area contributed by atoms with E-state index in [0.717, 1.165) is 37.0 Å². The maximum atomic E-state index is 13.6. The minimum Gasteiger partial charge on any atom is -0.370 e. The average Bonchev–Trinajstić information content (AvgIpc) is 3.61. The molecule has 2 aromatic heterocycles. The molecule has 0 radical (unpaired) electrons. The molecule has 0 spiro atoms. The maximum absolute atomic E-state index is 13.6. The zero-order valence-corrected chi connectivity index (χ0v) is 23.6. The molecule has 0 saturated heterocycles. The van der Waals surface area contributed by atoms with E-state index < -0.39 is 41.8 Å². The number of primary amides is 1. The Bertz CT molecular complexity index is 1190. The Labute approximate surface area is 241 Å². The van der Waals surface area contributed by atoms with Crippen molar-refractivity contribution < 1.29 is 19.2 Å². The van der Waals surface area contributed by atoms with Crippen molar-refractivity contribution in [3.05, 3.63) is 28.2 Å². The van der Waals surface area contributed by atoms with Gasteiger partial charge in [-0.05, 0) is 36.6 Å². The van der Waals surface area contributed by atoms with Crippen LogP contribution in [0.3, 0.4) is 0 Å². The molecule has 1 saturated carbocycles. The number of nitrogens with zero attached hydrogens (tertiary/aromatic N) is 3. The standard InChI is InChI=1S/C25H39N11O4S/c26-19(37)17(13-15-8-5-11-41-15)32-21(38)16(9-4-10-30-24(27)28)31-22(39)18(12-14-6-2-1-3-7-14)33-23(40)20-34-25(29)36-35-20/h5,8,11,14,16-18H,1-4,6-7,9-10,12-13H2,(H2,26,37)(H,31,39)(H,32,38)(H,33,40)(H4,27,28,30)(H3,29,34,35,36)/t16-,17-,18-/m0/s1. The number of thiophene rings is 1. The van der Waals surface area contributed by atoms with Crippen LogP contribution in [0.1, 0.15) is 66.9 Å². The second-order valence-electron chi connectivity index (χ2n) is 10.1. The number of nitrogens with two attached hydrogens (primary N) is 4. The lowest BCUT2D eigenvalue weighted by molar-refractivity contribution is -0.132. The summed E-state index contributed by atoms with van der Waals surface area (Å²) in [6.07, 6.45) is 6.20. The van der Waals surface area contributed by atoms with E-state index in [1.165, 1.54) is 11.3 Å². The number of aromatic amines is 1. The van der Waals surface area contributed by atoms with Gasteiger partial charge in [0.2, 0.25) is 29.5 Å². The molecule has 0 aromatic carbocycles. The molecule has 3 rings (SSSR count). The van der Waals surface area contributed by atoms with E-state index in [2.05, 4.69) is 36.1 Å². The van der Waals surface area contributed by atoms with E-state index in [1.807, 2.05) is 17.5 Å². The van der Waals surface area contributed by atoms with E-state index in [1.54, 1.807) is 0 Å². The summed E-state index contributed by atoms with van der Waals surface area (Å²) in [5.41, 5.74) is 21.9. The Kier molecular flexibility index (Phi) is 11.9. The van der Waals surface area contributed by atoms with Gasteiger partial charge in [-0.1, -0.05) is 38.2 Å². The quantitative estimate of drug-likeness (QED) is 0.0738. The molecular formula is C25H39N11O4S. The minimum atomic E-state index is -1.05. The number of rotatable bonds is 15. The fourth-order valence-electron chi connectivity index (χ4n) is 4.76. The van der Waals surface area contributed by atoms with Crippen LogP contribution in [0.25, 0.3) is 0 Å². The molecule has 15 nitrogen and oxygen atoms in total. The van der Waals surface area contributed by atoms with Crippen LogP contribution >= 0.6 is 11.3 Å². The van der Waals surface area contributed by atoms with Gasteiger partial charge in [0.1, 0.15) is 18.1 Å². The van der Waals surface area contributed by atoms with Gasteiger partial charge in [0.05, 0.1) is 0 Å². The van der Waals surface area contributed by atoms with Crippen molar-refractivity contribution in [3.63, 3.8) is 0 Å². The molecule has 4 amide bonds. The highest BCUT2D eigenvalue weighted by atomic mass is 32.1. The van der Waals surface area contributed by atoms with Crippen molar-refractivity contribution in [3.8, 4) is 0 Å². The topological polar surface area (TPSA) is 262 Å². The summed E-state index contributed by atoms with van der Waals surface area (Å²) in [4.78, 5) is 60.6. The van der Waals surface area contributed by atoms with Gasteiger partial charge >= 0.3 is 0 Å². The van der Waals surface area contributed by atoms with Crippen molar-refractivity contribution in [1.82, 2.24) is 31.1 Å². The summed E-state index contributed by atoms with van der Waals surface area (Å²) in [6.45, 7) is 0.228. The fraction of sp³-hybridized carbons (Fsp3) is 0.560. The highest BCUT2D eigenvalue weighted by Crippen LogP contribution is 2.27. The van der Waals surface area contributed by atoms with Crippen LogP contribution in [-0.4, -0.2) is 69.4 Å². The number of nitrogens with one attached hydrogen (secondary N) is 4. The van der Waals surface area contributed by atoms with Crippen molar-refractivity contribution in [2.24, 2.45) is 28.1 Å². The number of aromatic nitrogens is 3. The molecule has 0 bridgehead atoms. The summed E-state index contributed by atoms with van der Waals surface area (Å²) in [7, 11) is 0. The number of carbonyl (C=O) groups excluding carboxylic acids is 4. The maximum Gasteiger partial charge on any atom is 0.289 e. The Morgan fingerprint density at radius 3 is 2.34 bits per heavy atom. The van der Waals surface area contributed by atoms with E-state index >= 15 is 0 Å². The van der Waals surface area contributed by atoms with Gasteiger partial charge in [-0.15, -0.1) is 16.4 Å². The number of amides is 4. The Hall–Kier alpha value is -4.21. The number of hydrogen-bond donors (Lipinski definition) is 8. The van der Waals surface area contributed by atoms with Crippen molar-refractivity contribution in [2.45, 2.75) is 75.9 Å². The molecule has 3 atom stereocenters. The Morgan fingerprint density at radius 2 is 1.73 bits per heavy atom. The predicted molar refractivity (Wildman–Crippen MR) is 154 cm³/mol. The number of aliphatic imine (C=N–C) groups is 1. The van der Waals surface area contributed by atoms with Gasteiger partial charge in [-0.25, -0.2) is 0 Å². The monoisotopic (exact) mass is 589 g/mol. The third-order valence-electron chi connectivity index (χ3n) is 6.86. The number of guanidine groups is 1. The largest absolute Gasteiger partial charge is 0.370 e. The van der Waals surface area contributed by atoms with E-state index in [9.17, 15) is 19.2 Å². The fourth-order valence-corrected chi connectivity index (χ4v) is 5.51. The average molecular weight is 590 g/mol. The van der Waals surface area contributed by atoms with Crippen molar-refractivity contribution in [1.29, 1.82) is 0 Å². The second-order valence-corrected chi connectivity index (χ2v) is 11.1. The molecule has 12 N–H and O–H groups in total. The van der Waals surface area contributed by atoms with Crippen LogP contribution in [0.5, 0.6) is 0 Å². The first-order valence-electron chi connectivity index (χ1n) is 13.6. The van der Waals surface area contributed by atoms with Crippen molar-refractivity contribution in [2.75, 3.05) is 12.3 Å². The van der Waals surface area contributed by atoms with Crippen LogP contribution in [0.15, 0.2) is 22.5 Å². The molecule has 16 heteroatoms. The van der Waals surface area contributed by atoms with Crippen LogP contribution < -0.4 is 38.9 Å². The van der Waals surface area contributed by atoms with E-state index in [0.29, 0.717) is 12.8 Å². The lowest BCUT2D eigenvalue weighted by atomic mass is 9.84. The first-order chi connectivity index (χ1) is 19.6. The second kappa shape index (κ2) is 15.5. The zero-order chi connectivity index (χ0) is 29.8. The van der Waals surface area contributed by atoms with Gasteiger partial charge < -0.3 is 38.9 Å². The molecular weight excluding hydrogens is 550 g/mol. The van der Waals surface area contributed by atoms with E-state index in [-0.39, 0.29) is 43.0 Å². The number of carbonyl (C=O) groups is 4. The molecule has 2 heterocycles. The van der Waals surface area contributed by atoms with Gasteiger partial charge in [-0.2, -0.15) is 4.98 Å². The summed E-state index contributed by atoms with van der Waals surface area (Å²) >= 11 is 1.43. The van der Waals surface area contributed by atoms with Gasteiger partial charge in [-0.3, -0.25) is 29.3 Å². The van der Waals surface area contributed by atoms with Crippen molar-refractivity contribution >= 4 is 46.9 Å². The lowest BCUT2D eigenvalue weighted by Crippen LogP contribution is -2.57. The molecule has 1 aliphatic carbocycles. The SMILES string of the molecule is NC(=O)[C@H](Cc1cccs1)NC(=O)[C@H](CCCN=C(N)N)NC(=O)[C@H](CC1CCCCC1)NC(=O)c1nc(N)n[nH]1. The Balaban J connectivity index is 1.75. The molecule has 41 heavy (non-hydrogen) atoms. The summed E-state index contributed by atoms with van der Waals surface area (Å²) in [6, 6.07) is 0.687. The summed E-state index contributed by atoms with van der Waals surface area (Å²) in [5.74, 6) is -2.60. The number of hydrogen-bond acceptors (Lipinski definition) is 9. The normalized spacial score (nSPS) is 15.7. The van der Waals surface area contributed by atoms with Gasteiger partial charge in [0.25, 0.3) is 5.91 Å². The summed E-state index contributed by atoms with van der Waals surface area (Å²) in [5, 5.41) is 16.1. The highest BCUT2D eigenvalue weighted by molar-refractivity contribution is 7.09. The smallest absolute Gasteiger partial charge is 0.289 e. The lowest BCUT2D eigenvalue weighted by Gasteiger charge is -2.28. The minimum absolute atomic E-state index is 0.0944. The number of anilines is 1. The van der Waals surface area contributed by atoms with Crippen LogP contribution in [0, 0.1) is 5.92 Å². The van der Waals surface area contributed by atoms with Crippen LogP contribution in [0.4, 0.5) is 5.95 Å². The zero-order valence-electron chi connectivity index (χ0n) is 22.8. The van der Waals surface area contributed by atoms with E-state index in [4.69, 9.17) is 22.9 Å². The number of nitrogen functional groups attached to an aromatic ring is 1. The first kappa shape index (κ1) is 31.3. The Morgan fingerprint density at radius 1 is 1.02 bits per heavy atom. The molecule has 224 valence electrons. The van der Waals surface area contributed by atoms with Crippen LogP contribution in [0.2, 0.25) is 0 Å². The van der Waals surface area contributed by atoms with Gasteiger partial charge in [0.15, 0.2) is 5.96 Å². The number of H-pyrrole nitrogens is 1. The third kappa shape index (κ3) is 10.4. The molecule has 0 aliphatic heterocycles.